The van der Waals surface area contributed by atoms with E-state index in [0.29, 0.717) is 10.8 Å². The molecule has 5 nitrogen and oxygen atoms in total. The van der Waals surface area contributed by atoms with Crippen LogP contribution < -0.4 is 9.46 Å². The Balaban J connectivity index is 2.38. The minimum atomic E-state index is -3.76. The highest BCUT2D eigenvalue weighted by atomic mass is 35.5. The molecule has 1 aromatic carbocycles. The molecule has 1 aromatic heterocycles. The van der Waals surface area contributed by atoms with Gasteiger partial charge in [-0.25, -0.2) is 13.4 Å². The van der Waals surface area contributed by atoms with E-state index >= 15 is 0 Å². The molecule has 2 rings (SSSR count). The van der Waals surface area contributed by atoms with Crippen LogP contribution in [-0.4, -0.2) is 20.5 Å². The maximum absolute atomic E-state index is 12.1. The van der Waals surface area contributed by atoms with E-state index in [4.69, 9.17) is 27.9 Å². The van der Waals surface area contributed by atoms with Gasteiger partial charge in [0.25, 0.3) is 10.0 Å². The molecule has 0 bridgehead atoms. The molecule has 0 fully saturated rings. The van der Waals surface area contributed by atoms with Gasteiger partial charge in [0.2, 0.25) is 0 Å². The van der Waals surface area contributed by atoms with E-state index in [1.165, 1.54) is 19.4 Å². The molecular formula is C10H8Cl2N2O3S2. The lowest BCUT2D eigenvalue weighted by molar-refractivity contribution is 0.417. The first-order chi connectivity index (χ1) is 8.92. The molecule has 9 heteroatoms. The number of nitrogens with one attached hydrogen (secondary N) is 1. The maximum atomic E-state index is 12.1. The van der Waals surface area contributed by atoms with Crippen LogP contribution in [-0.2, 0) is 10.0 Å². The quantitative estimate of drug-likeness (QED) is 0.928. The fourth-order valence-corrected chi connectivity index (χ4v) is 3.84. The van der Waals surface area contributed by atoms with E-state index in [2.05, 4.69) is 9.71 Å². The maximum Gasteiger partial charge on any atom is 0.273 e. The Morgan fingerprint density at radius 2 is 2.11 bits per heavy atom. The lowest BCUT2D eigenvalue weighted by Gasteiger charge is -2.10. The summed E-state index contributed by atoms with van der Waals surface area (Å²) in [5, 5.41) is 0.390. The van der Waals surface area contributed by atoms with Crippen molar-refractivity contribution in [2.75, 3.05) is 11.8 Å². The highest BCUT2D eigenvalue weighted by Crippen LogP contribution is 2.31. The number of thiazole rings is 1. The van der Waals surface area contributed by atoms with Crippen LogP contribution in [0.15, 0.2) is 28.6 Å². The molecule has 1 N–H and O–H groups in total. The summed E-state index contributed by atoms with van der Waals surface area (Å²) in [5.74, 6) is 0.364. The van der Waals surface area contributed by atoms with Crippen molar-refractivity contribution in [3.05, 3.63) is 33.9 Å². The van der Waals surface area contributed by atoms with Gasteiger partial charge in [0, 0.05) is 5.02 Å². The molecule has 0 saturated heterocycles. The molecule has 0 radical (unpaired) electrons. The van der Waals surface area contributed by atoms with E-state index in [9.17, 15) is 8.42 Å². The van der Waals surface area contributed by atoms with Gasteiger partial charge in [-0.05, 0) is 18.2 Å². The summed E-state index contributed by atoms with van der Waals surface area (Å²) in [6.07, 6.45) is 1.19. The van der Waals surface area contributed by atoms with Gasteiger partial charge in [-0.3, -0.25) is 4.72 Å². The molecule has 19 heavy (non-hydrogen) atoms. The monoisotopic (exact) mass is 338 g/mol. The van der Waals surface area contributed by atoms with Crippen LogP contribution in [0.5, 0.6) is 5.75 Å². The second-order valence-corrected chi connectivity index (χ2v) is 7.34. The van der Waals surface area contributed by atoms with Crippen LogP contribution in [0.1, 0.15) is 0 Å². The summed E-state index contributed by atoms with van der Waals surface area (Å²) in [6, 6.07) is 4.63. The fraction of sp³-hybridized carbons (Fsp3) is 0.100. The second-order valence-electron chi connectivity index (χ2n) is 3.38. The third kappa shape index (κ3) is 3.30. The first kappa shape index (κ1) is 14.4. The Kier molecular flexibility index (Phi) is 4.19. The Bertz CT molecular complexity index is 701. The average Bonchev–Trinajstić information content (AvgIpc) is 2.76. The van der Waals surface area contributed by atoms with Gasteiger partial charge in [0.15, 0.2) is 8.68 Å². The Labute approximate surface area is 124 Å². The van der Waals surface area contributed by atoms with Crippen molar-refractivity contribution in [1.82, 2.24) is 4.98 Å². The number of anilines is 1. The Hall–Kier alpha value is -1.02. The molecule has 0 aliphatic heterocycles. The minimum Gasteiger partial charge on any atom is -0.495 e. The largest absolute Gasteiger partial charge is 0.495 e. The van der Waals surface area contributed by atoms with Gasteiger partial charge < -0.3 is 4.74 Å². The lowest BCUT2D eigenvalue weighted by Crippen LogP contribution is -2.12. The summed E-state index contributed by atoms with van der Waals surface area (Å²) >= 11 is 12.3. The molecule has 0 unspecified atom stereocenters. The van der Waals surface area contributed by atoms with Gasteiger partial charge in [0.05, 0.1) is 19.0 Å². The number of halogens is 2. The summed E-state index contributed by atoms with van der Waals surface area (Å²) in [7, 11) is -2.32. The van der Waals surface area contributed by atoms with E-state index in [1.807, 2.05) is 0 Å². The van der Waals surface area contributed by atoms with Crippen molar-refractivity contribution in [2.45, 2.75) is 4.21 Å². The molecule has 0 saturated carbocycles. The van der Waals surface area contributed by atoms with Crippen LogP contribution >= 0.6 is 34.5 Å². The SMILES string of the molecule is COc1ccc(Cl)cc1NS(=O)(=O)c1cnc(Cl)s1. The smallest absolute Gasteiger partial charge is 0.273 e. The number of hydrogen-bond donors (Lipinski definition) is 1. The highest BCUT2D eigenvalue weighted by Gasteiger charge is 2.19. The first-order valence-electron chi connectivity index (χ1n) is 4.90. The van der Waals surface area contributed by atoms with Gasteiger partial charge in [-0.2, -0.15) is 0 Å². The lowest BCUT2D eigenvalue weighted by atomic mass is 10.3. The topological polar surface area (TPSA) is 68.3 Å². The van der Waals surface area contributed by atoms with Crippen molar-refractivity contribution in [3.63, 3.8) is 0 Å². The van der Waals surface area contributed by atoms with Crippen molar-refractivity contribution in [2.24, 2.45) is 0 Å². The normalized spacial score (nSPS) is 11.3. The third-order valence-corrected chi connectivity index (χ3v) is 5.30. The van der Waals surface area contributed by atoms with Gasteiger partial charge in [-0.15, -0.1) is 0 Å². The third-order valence-electron chi connectivity index (χ3n) is 2.13. The number of ether oxygens (including phenoxy) is 1. The van der Waals surface area contributed by atoms with Crippen LogP contribution in [0.3, 0.4) is 0 Å². The Morgan fingerprint density at radius 1 is 1.37 bits per heavy atom. The molecule has 0 spiro atoms. The molecular weight excluding hydrogens is 331 g/mol. The molecule has 0 amide bonds. The number of aromatic nitrogens is 1. The number of rotatable bonds is 4. The van der Waals surface area contributed by atoms with E-state index in [1.54, 1.807) is 12.1 Å². The van der Waals surface area contributed by atoms with Crippen molar-refractivity contribution in [3.8, 4) is 5.75 Å². The predicted octanol–water partition coefficient (Wildman–Crippen LogP) is 3.26. The Morgan fingerprint density at radius 3 is 2.68 bits per heavy atom. The minimum absolute atomic E-state index is 0.0135. The van der Waals surface area contributed by atoms with E-state index in [0.717, 1.165) is 11.3 Å². The van der Waals surface area contributed by atoms with Crippen molar-refractivity contribution >= 4 is 50.2 Å². The average molecular weight is 339 g/mol. The highest BCUT2D eigenvalue weighted by molar-refractivity contribution is 7.94. The first-order valence-corrected chi connectivity index (χ1v) is 7.95. The molecule has 0 aliphatic rings. The number of methoxy groups -OCH3 is 1. The van der Waals surface area contributed by atoms with Gasteiger partial charge >= 0.3 is 0 Å². The number of sulfonamides is 1. The summed E-state index contributed by atoms with van der Waals surface area (Å²) < 4.78 is 31.8. The summed E-state index contributed by atoms with van der Waals surface area (Å²) in [4.78, 5) is 3.69. The number of nitrogens with zero attached hydrogens (tertiary/aromatic N) is 1. The van der Waals surface area contributed by atoms with Crippen molar-refractivity contribution in [1.29, 1.82) is 0 Å². The van der Waals surface area contributed by atoms with Gasteiger partial charge in [-0.1, -0.05) is 34.5 Å². The van der Waals surface area contributed by atoms with Crippen LogP contribution in [0.2, 0.25) is 9.49 Å². The molecule has 1 heterocycles. The molecule has 2 aromatic rings. The van der Waals surface area contributed by atoms with Gasteiger partial charge in [0.1, 0.15) is 5.75 Å². The van der Waals surface area contributed by atoms with Crippen molar-refractivity contribution < 1.29 is 13.2 Å². The number of hydrogen-bond acceptors (Lipinski definition) is 5. The summed E-state index contributed by atoms with van der Waals surface area (Å²) in [5.41, 5.74) is 0.250. The van der Waals surface area contributed by atoms with E-state index < -0.39 is 10.0 Å². The van der Waals surface area contributed by atoms with Crippen LogP contribution in [0.4, 0.5) is 5.69 Å². The fourth-order valence-electron chi connectivity index (χ4n) is 1.32. The molecule has 102 valence electrons. The molecule has 0 atom stereocenters. The zero-order valence-corrected chi connectivity index (χ0v) is 12.7. The molecule has 0 aliphatic carbocycles. The van der Waals surface area contributed by atoms with E-state index in [-0.39, 0.29) is 14.4 Å². The summed E-state index contributed by atoms with van der Waals surface area (Å²) in [6.45, 7) is 0. The zero-order chi connectivity index (χ0) is 14.0. The second kappa shape index (κ2) is 5.54. The predicted molar refractivity (Wildman–Crippen MR) is 75.9 cm³/mol. The zero-order valence-electron chi connectivity index (χ0n) is 9.55. The number of benzene rings is 1. The standard InChI is InChI=1S/C10H8Cl2N2O3S2/c1-17-8-3-2-6(11)4-7(8)14-19(15,16)9-5-13-10(12)18-9/h2-5,14H,1H3. The van der Waals surface area contributed by atoms with Crippen LogP contribution in [0, 0.1) is 0 Å². The van der Waals surface area contributed by atoms with Crippen LogP contribution in [0.25, 0.3) is 0 Å².